The molecule has 1 aromatic carbocycles. The summed E-state index contributed by atoms with van der Waals surface area (Å²) in [4.78, 5) is 0. The van der Waals surface area contributed by atoms with Gasteiger partial charge in [-0.1, -0.05) is 18.2 Å². The molecule has 1 aromatic rings. The molecule has 0 bridgehead atoms. The lowest BCUT2D eigenvalue weighted by atomic mass is 10.0. The zero-order chi connectivity index (χ0) is 11.6. The molecule has 0 aliphatic heterocycles. The molecule has 4 heteroatoms. The van der Waals surface area contributed by atoms with Gasteiger partial charge in [-0.15, -0.1) is 0 Å². The van der Waals surface area contributed by atoms with Crippen LogP contribution >= 0.6 is 0 Å². The predicted molar refractivity (Wildman–Crippen MR) is 62.3 cm³/mol. The van der Waals surface area contributed by atoms with Crippen LogP contribution in [0.2, 0.25) is 0 Å². The number of aryl methyl sites for hydroxylation is 2. The van der Waals surface area contributed by atoms with Crippen LogP contribution in [0.25, 0.3) is 0 Å². The molecule has 0 aromatic heterocycles. The first-order valence-corrected chi connectivity index (χ1v) is 6.42. The van der Waals surface area contributed by atoms with Gasteiger partial charge in [0, 0.05) is 0 Å². The molecule has 1 N–H and O–H groups in total. The summed E-state index contributed by atoms with van der Waals surface area (Å²) in [6, 6.07) is 5.74. The van der Waals surface area contributed by atoms with E-state index in [0.29, 0.717) is 0 Å². The highest BCUT2D eigenvalue weighted by Crippen LogP contribution is 2.22. The van der Waals surface area contributed by atoms with Crippen molar-refractivity contribution in [1.82, 2.24) is 4.72 Å². The van der Waals surface area contributed by atoms with Crippen molar-refractivity contribution in [3.63, 3.8) is 0 Å². The summed E-state index contributed by atoms with van der Waals surface area (Å²) in [5.41, 5.74) is 3.12. The highest BCUT2D eigenvalue weighted by molar-refractivity contribution is 7.89. The van der Waals surface area contributed by atoms with Gasteiger partial charge in [0.25, 0.3) is 0 Å². The third kappa shape index (κ3) is 2.58. The topological polar surface area (TPSA) is 46.2 Å². The van der Waals surface area contributed by atoms with Gasteiger partial charge in [-0.2, -0.15) is 0 Å². The third-order valence-electron chi connectivity index (χ3n) is 2.75. The van der Waals surface area contributed by atoms with Crippen LogP contribution in [0.3, 0.4) is 0 Å². The summed E-state index contributed by atoms with van der Waals surface area (Å²) in [5.74, 6) is 0. The molecule has 1 unspecified atom stereocenters. The van der Waals surface area contributed by atoms with Gasteiger partial charge in [-0.25, -0.2) is 13.1 Å². The van der Waals surface area contributed by atoms with Gasteiger partial charge >= 0.3 is 0 Å². The Kier molecular flexibility index (Phi) is 3.52. The quantitative estimate of drug-likeness (QED) is 0.857. The maximum Gasteiger partial charge on any atom is 0.218 e. The van der Waals surface area contributed by atoms with Crippen LogP contribution in [0.15, 0.2) is 18.2 Å². The van der Waals surface area contributed by atoms with Crippen LogP contribution in [-0.2, 0) is 10.0 Å². The molecule has 0 fully saturated rings. The molecule has 0 radical (unpaired) electrons. The van der Waals surface area contributed by atoms with Crippen molar-refractivity contribution in [2.24, 2.45) is 0 Å². The van der Waals surface area contributed by atoms with Crippen molar-refractivity contribution < 1.29 is 8.42 Å². The van der Waals surface area contributed by atoms with Gasteiger partial charge in [0.2, 0.25) is 10.0 Å². The largest absolute Gasteiger partial charge is 0.218 e. The summed E-state index contributed by atoms with van der Waals surface area (Å²) in [6.07, 6.45) is 0. The van der Waals surface area contributed by atoms with Crippen molar-refractivity contribution in [2.45, 2.75) is 26.0 Å². The minimum atomic E-state index is -3.23. The number of nitrogens with one attached hydrogen (secondary N) is 1. The van der Waals surface area contributed by atoms with Crippen LogP contribution in [0.5, 0.6) is 0 Å². The predicted octanol–water partition coefficient (Wildman–Crippen LogP) is 1.91. The minimum Gasteiger partial charge on any atom is -0.218 e. The Hall–Kier alpha value is -0.870. The van der Waals surface area contributed by atoms with E-state index in [4.69, 9.17) is 0 Å². The zero-order valence-electron chi connectivity index (χ0n) is 9.53. The van der Waals surface area contributed by atoms with Gasteiger partial charge in [-0.3, -0.25) is 0 Å². The average Bonchev–Trinajstić information content (AvgIpc) is 2.21. The lowest BCUT2D eigenvalue weighted by Crippen LogP contribution is -2.24. The van der Waals surface area contributed by atoms with Gasteiger partial charge in [0.15, 0.2) is 0 Å². The Labute approximate surface area is 91.6 Å². The van der Waals surface area contributed by atoms with Crippen LogP contribution in [0.4, 0.5) is 0 Å². The van der Waals surface area contributed by atoms with Gasteiger partial charge in [0.05, 0.1) is 5.25 Å². The van der Waals surface area contributed by atoms with E-state index >= 15 is 0 Å². The maximum atomic E-state index is 11.6. The van der Waals surface area contributed by atoms with E-state index in [0.717, 1.165) is 11.1 Å². The standard InChI is InChI=1S/C11H17NO2S/c1-8-5-6-11(7-9(8)2)10(3)15(13,14)12-4/h5-7,10,12H,1-4H3. The van der Waals surface area contributed by atoms with Gasteiger partial charge in [0.1, 0.15) is 0 Å². The SMILES string of the molecule is CNS(=O)(=O)C(C)c1ccc(C)c(C)c1. The Morgan fingerprint density at radius 2 is 1.80 bits per heavy atom. The van der Waals surface area contributed by atoms with Gasteiger partial charge in [-0.05, 0) is 44.5 Å². The second-order valence-electron chi connectivity index (χ2n) is 3.74. The molecule has 0 spiro atoms. The number of hydrogen-bond acceptors (Lipinski definition) is 2. The van der Waals surface area contributed by atoms with E-state index in [9.17, 15) is 8.42 Å². The third-order valence-corrected chi connectivity index (χ3v) is 4.52. The number of rotatable bonds is 3. The molecular formula is C11H17NO2S. The Morgan fingerprint density at radius 3 is 2.27 bits per heavy atom. The fraction of sp³-hybridized carbons (Fsp3) is 0.455. The number of sulfonamides is 1. The van der Waals surface area contributed by atoms with Crippen LogP contribution in [0, 0.1) is 13.8 Å². The Morgan fingerprint density at radius 1 is 1.20 bits per heavy atom. The lowest BCUT2D eigenvalue weighted by molar-refractivity contribution is 0.578. The molecule has 0 aliphatic carbocycles. The molecule has 0 saturated carbocycles. The first-order chi connectivity index (χ1) is 6.88. The summed E-state index contributed by atoms with van der Waals surface area (Å²) in [5, 5.41) is -0.512. The van der Waals surface area contributed by atoms with Crippen molar-refractivity contribution >= 4 is 10.0 Å². The van der Waals surface area contributed by atoms with E-state index in [1.807, 2.05) is 32.0 Å². The molecule has 3 nitrogen and oxygen atoms in total. The lowest BCUT2D eigenvalue weighted by Gasteiger charge is -2.13. The minimum absolute atomic E-state index is 0.512. The van der Waals surface area contributed by atoms with Crippen molar-refractivity contribution in [3.05, 3.63) is 34.9 Å². The number of hydrogen-bond donors (Lipinski definition) is 1. The average molecular weight is 227 g/mol. The van der Waals surface area contributed by atoms with Gasteiger partial charge < -0.3 is 0 Å². The second-order valence-corrected chi connectivity index (χ2v) is 5.94. The smallest absolute Gasteiger partial charge is 0.218 e. The van der Waals surface area contributed by atoms with Crippen LogP contribution < -0.4 is 4.72 Å². The summed E-state index contributed by atoms with van der Waals surface area (Å²) < 4.78 is 25.5. The monoisotopic (exact) mass is 227 g/mol. The number of benzene rings is 1. The molecule has 0 saturated heterocycles. The summed E-state index contributed by atoms with van der Waals surface area (Å²) in [7, 11) is -1.79. The molecule has 1 rings (SSSR count). The van der Waals surface area contributed by atoms with Crippen molar-refractivity contribution in [3.8, 4) is 0 Å². The first kappa shape index (κ1) is 12.2. The first-order valence-electron chi connectivity index (χ1n) is 4.88. The summed E-state index contributed by atoms with van der Waals surface area (Å²) >= 11 is 0. The normalized spacial score (nSPS) is 13.9. The van der Waals surface area contributed by atoms with E-state index < -0.39 is 15.3 Å². The van der Waals surface area contributed by atoms with E-state index in [-0.39, 0.29) is 0 Å². The van der Waals surface area contributed by atoms with E-state index in [1.54, 1.807) is 6.92 Å². The highest BCUT2D eigenvalue weighted by Gasteiger charge is 2.20. The molecular weight excluding hydrogens is 210 g/mol. The van der Waals surface area contributed by atoms with E-state index in [2.05, 4.69) is 4.72 Å². The fourth-order valence-corrected chi connectivity index (χ4v) is 2.23. The van der Waals surface area contributed by atoms with Crippen LogP contribution in [0.1, 0.15) is 28.9 Å². The van der Waals surface area contributed by atoms with Crippen molar-refractivity contribution in [1.29, 1.82) is 0 Å². The molecule has 84 valence electrons. The summed E-state index contributed by atoms with van der Waals surface area (Å²) in [6.45, 7) is 5.68. The zero-order valence-corrected chi connectivity index (χ0v) is 10.4. The Balaban J connectivity index is 3.13. The van der Waals surface area contributed by atoms with Crippen molar-refractivity contribution in [2.75, 3.05) is 7.05 Å². The molecule has 0 heterocycles. The van der Waals surface area contributed by atoms with E-state index in [1.165, 1.54) is 12.6 Å². The molecule has 0 aliphatic rings. The maximum absolute atomic E-state index is 11.6. The highest BCUT2D eigenvalue weighted by atomic mass is 32.2. The second kappa shape index (κ2) is 4.33. The van der Waals surface area contributed by atoms with Crippen LogP contribution in [-0.4, -0.2) is 15.5 Å². The fourth-order valence-electron chi connectivity index (χ4n) is 1.37. The Bertz CT molecular complexity index is 452. The molecule has 15 heavy (non-hydrogen) atoms. The molecule has 0 amide bonds. The molecule has 1 atom stereocenters.